The van der Waals surface area contributed by atoms with Crippen LogP contribution in [0.2, 0.25) is 0 Å². The van der Waals surface area contributed by atoms with Crippen molar-refractivity contribution in [2.45, 2.75) is 0 Å². The molecule has 0 aromatic heterocycles. The van der Waals surface area contributed by atoms with Gasteiger partial charge in [-0.15, -0.1) is 0 Å². The molecule has 1 aromatic carbocycles. The molecule has 0 atom stereocenters. The molecule has 0 aliphatic heterocycles. The summed E-state index contributed by atoms with van der Waals surface area (Å²) in [6.07, 6.45) is 0. The molecule has 0 saturated heterocycles. The lowest BCUT2D eigenvalue weighted by molar-refractivity contribution is 0.0963. The predicted molar refractivity (Wildman–Crippen MR) is 57.3 cm³/mol. The fraction of sp³-hybridized carbons (Fsp3) is 0.222. The largest absolute Gasteiger partial charge is 0.376 e. The van der Waals surface area contributed by atoms with Crippen molar-refractivity contribution < 1.29 is 4.79 Å². The SMILES string of the molecule is CNC(=O)c1ccc(NCS)cc1. The number of hydrogen-bond acceptors (Lipinski definition) is 3. The van der Waals surface area contributed by atoms with Crippen molar-refractivity contribution in [3.05, 3.63) is 29.8 Å². The molecular weight excluding hydrogens is 184 g/mol. The fourth-order valence-corrected chi connectivity index (χ4v) is 1.16. The molecule has 0 radical (unpaired) electrons. The summed E-state index contributed by atoms with van der Waals surface area (Å²) in [5.41, 5.74) is 1.62. The van der Waals surface area contributed by atoms with Gasteiger partial charge < -0.3 is 10.6 Å². The van der Waals surface area contributed by atoms with Crippen LogP contribution in [0.4, 0.5) is 5.69 Å². The number of carbonyl (C=O) groups is 1. The molecule has 4 heteroatoms. The van der Waals surface area contributed by atoms with Gasteiger partial charge in [0.15, 0.2) is 0 Å². The second-order valence-corrected chi connectivity index (χ2v) is 2.81. The zero-order chi connectivity index (χ0) is 9.68. The van der Waals surface area contributed by atoms with Gasteiger partial charge in [-0.1, -0.05) is 0 Å². The third-order valence-corrected chi connectivity index (χ3v) is 1.82. The van der Waals surface area contributed by atoms with Crippen LogP contribution in [0.15, 0.2) is 24.3 Å². The number of anilines is 1. The van der Waals surface area contributed by atoms with Crippen LogP contribution in [0.25, 0.3) is 0 Å². The van der Waals surface area contributed by atoms with E-state index < -0.39 is 0 Å². The van der Waals surface area contributed by atoms with Crippen molar-refractivity contribution in [1.29, 1.82) is 0 Å². The fourth-order valence-electron chi connectivity index (χ4n) is 0.975. The Bertz CT molecular complexity index is 284. The Morgan fingerprint density at radius 1 is 1.38 bits per heavy atom. The highest BCUT2D eigenvalue weighted by molar-refractivity contribution is 7.80. The quantitative estimate of drug-likeness (QED) is 0.504. The van der Waals surface area contributed by atoms with E-state index in [9.17, 15) is 4.79 Å². The Morgan fingerprint density at radius 3 is 2.46 bits per heavy atom. The molecule has 0 unspecified atom stereocenters. The molecule has 0 fully saturated rings. The number of carbonyl (C=O) groups excluding carboxylic acids is 1. The lowest BCUT2D eigenvalue weighted by atomic mass is 10.2. The van der Waals surface area contributed by atoms with E-state index in [4.69, 9.17) is 0 Å². The summed E-state index contributed by atoms with van der Waals surface area (Å²) in [5, 5.41) is 5.58. The van der Waals surface area contributed by atoms with Crippen LogP contribution in [0.1, 0.15) is 10.4 Å². The lowest BCUT2D eigenvalue weighted by Gasteiger charge is -2.03. The average Bonchev–Trinajstić information content (AvgIpc) is 2.18. The molecule has 1 rings (SSSR count). The molecule has 3 nitrogen and oxygen atoms in total. The topological polar surface area (TPSA) is 41.1 Å². The molecule has 0 spiro atoms. The van der Waals surface area contributed by atoms with Gasteiger partial charge in [-0.25, -0.2) is 0 Å². The van der Waals surface area contributed by atoms with E-state index in [0.29, 0.717) is 11.4 Å². The van der Waals surface area contributed by atoms with Crippen molar-refractivity contribution in [2.75, 3.05) is 18.2 Å². The average molecular weight is 196 g/mol. The second kappa shape index (κ2) is 4.77. The van der Waals surface area contributed by atoms with Crippen LogP contribution < -0.4 is 10.6 Å². The predicted octanol–water partition coefficient (Wildman–Crippen LogP) is 1.35. The summed E-state index contributed by atoms with van der Waals surface area (Å²) in [7, 11) is 1.61. The zero-order valence-corrected chi connectivity index (χ0v) is 8.27. The summed E-state index contributed by atoms with van der Waals surface area (Å²) in [6.45, 7) is 0. The Morgan fingerprint density at radius 2 is 2.00 bits per heavy atom. The van der Waals surface area contributed by atoms with Gasteiger partial charge in [-0.2, -0.15) is 12.6 Å². The second-order valence-electron chi connectivity index (χ2n) is 2.49. The number of thiol groups is 1. The Kier molecular flexibility index (Phi) is 3.64. The Labute approximate surface area is 82.9 Å². The molecule has 2 N–H and O–H groups in total. The monoisotopic (exact) mass is 196 g/mol. The summed E-state index contributed by atoms with van der Waals surface area (Å²) in [4.78, 5) is 11.1. The van der Waals surface area contributed by atoms with E-state index in [0.717, 1.165) is 5.69 Å². The molecule has 70 valence electrons. The van der Waals surface area contributed by atoms with Crippen LogP contribution in [-0.4, -0.2) is 18.8 Å². The third-order valence-electron chi connectivity index (χ3n) is 1.66. The van der Waals surface area contributed by atoms with Crippen LogP contribution in [-0.2, 0) is 0 Å². The molecule has 1 amide bonds. The zero-order valence-electron chi connectivity index (χ0n) is 7.37. The highest BCUT2D eigenvalue weighted by atomic mass is 32.1. The first kappa shape index (κ1) is 9.92. The standard InChI is InChI=1S/C9H12N2OS/c1-10-9(12)7-2-4-8(5-3-7)11-6-13/h2-5,11,13H,6H2,1H3,(H,10,12). The van der Waals surface area contributed by atoms with Gasteiger partial charge in [0.1, 0.15) is 0 Å². The minimum atomic E-state index is -0.0718. The maximum absolute atomic E-state index is 11.1. The highest BCUT2D eigenvalue weighted by Crippen LogP contribution is 2.09. The molecule has 0 bridgehead atoms. The van der Waals surface area contributed by atoms with E-state index in [1.54, 1.807) is 19.2 Å². The third kappa shape index (κ3) is 2.66. The summed E-state index contributed by atoms with van der Waals surface area (Å²) in [6, 6.07) is 7.23. The van der Waals surface area contributed by atoms with E-state index in [1.807, 2.05) is 12.1 Å². The Hall–Kier alpha value is -1.16. The molecule has 0 saturated carbocycles. The molecule has 0 aliphatic carbocycles. The first-order chi connectivity index (χ1) is 6.27. The summed E-state index contributed by atoms with van der Waals surface area (Å²) in [5.74, 6) is 0.511. The number of nitrogens with one attached hydrogen (secondary N) is 2. The number of rotatable bonds is 3. The van der Waals surface area contributed by atoms with Gasteiger partial charge in [-0.05, 0) is 24.3 Å². The number of hydrogen-bond donors (Lipinski definition) is 3. The number of amides is 1. The van der Waals surface area contributed by atoms with Crippen molar-refractivity contribution in [3.63, 3.8) is 0 Å². The van der Waals surface area contributed by atoms with Gasteiger partial charge in [0.2, 0.25) is 0 Å². The van der Waals surface area contributed by atoms with E-state index in [-0.39, 0.29) is 5.91 Å². The summed E-state index contributed by atoms with van der Waals surface area (Å²) >= 11 is 4.03. The maximum atomic E-state index is 11.1. The summed E-state index contributed by atoms with van der Waals surface area (Å²) < 4.78 is 0. The van der Waals surface area contributed by atoms with Gasteiger partial charge in [0.25, 0.3) is 5.91 Å². The van der Waals surface area contributed by atoms with Crippen LogP contribution >= 0.6 is 12.6 Å². The van der Waals surface area contributed by atoms with Gasteiger partial charge in [-0.3, -0.25) is 4.79 Å². The molecule has 0 heterocycles. The smallest absolute Gasteiger partial charge is 0.251 e. The molecule has 13 heavy (non-hydrogen) atoms. The van der Waals surface area contributed by atoms with E-state index in [2.05, 4.69) is 23.3 Å². The normalized spacial score (nSPS) is 9.38. The van der Waals surface area contributed by atoms with Crippen molar-refractivity contribution in [3.8, 4) is 0 Å². The Balaban J connectivity index is 2.75. The number of benzene rings is 1. The minimum Gasteiger partial charge on any atom is -0.376 e. The van der Waals surface area contributed by atoms with Crippen LogP contribution in [0, 0.1) is 0 Å². The first-order valence-electron chi connectivity index (χ1n) is 3.95. The van der Waals surface area contributed by atoms with Crippen LogP contribution in [0.5, 0.6) is 0 Å². The highest BCUT2D eigenvalue weighted by Gasteiger charge is 2.00. The van der Waals surface area contributed by atoms with Crippen LogP contribution in [0.3, 0.4) is 0 Å². The van der Waals surface area contributed by atoms with Gasteiger partial charge in [0.05, 0.1) is 5.88 Å². The molecule has 0 aliphatic rings. The van der Waals surface area contributed by atoms with Crippen molar-refractivity contribution in [1.82, 2.24) is 5.32 Å². The molecular formula is C9H12N2OS. The lowest BCUT2D eigenvalue weighted by Crippen LogP contribution is -2.17. The first-order valence-corrected chi connectivity index (χ1v) is 4.58. The minimum absolute atomic E-state index is 0.0718. The van der Waals surface area contributed by atoms with Gasteiger partial charge >= 0.3 is 0 Å². The van der Waals surface area contributed by atoms with Gasteiger partial charge in [0, 0.05) is 18.3 Å². The molecule has 1 aromatic rings. The van der Waals surface area contributed by atoms with E-state index in [1.165, 1.54) is 0 Å². The van der Waals surface area contributed by atoms with E-state index >= 15 is 0 Å². The van der Waals surface area contributed by atoms with Crippen molar-refractivity contribution >= 4 is 24.2 Å². The van der Waals surface area contributed by atoms with Crippen molar-refractivity contribution in [2.24, 2.45) is 0 Å². The maximum Gasteiger partial charge on any atom is 0.251 e.